The van der Waals surface area contributed by atoms with Gasteiger partial charge in [0.1, 0.15) is 10.3 Å². The molecule has 0 spiro atoms. The number of pyridine rings is 1. The molecular formula is C19H22N4O2S2. The molecule has 2 aromatic heterocycles. The van der Waals surface area contributed by atoms with Crippen molar-refractivity contribution in [1.29, 1.82) is 0 Å². The molecule has 0 N–H and O–H groups in total. The lowest BCUT2D eigenvalue weighted by molar-refractivity contribution is 0.384. The molecular weight excluding hydrogens is 380 g/mol. The normalized spacial score (nSPS) is 16.2. The number of hydrogen-bond acceptors (Lipinski definition) is 6. The zero-order valence-corrected chi connectivity index (χ0v) is 17.3. The number of sulfonamides is 1. The van der Waals surface area contributed by atoms with E-state index < -0.39 is 10.0 Å². The fourth-order valence-electron chi connectivity index (χ4n) is 3.36. The molecule has 0 unspecified atom stereocenters. The molecule has 1 aromatic carbocycles. The van der Waals surface area contributed by atoms with Gasteiger partial charge < -0.3 is 4.90 Å². The molecule has 3 heterocycles. The van der Waals surface area contributed by atoms with Crippen LogP contribution >= 0.6 is 11.3 Å². The zero-order valence-electron chi connectivity index (χ0n) is 15.6. The van der Waals surface area contributed by atoms with Crippen molar-refractivity contribution in [2.24, 2.45) is 0 Å². The minimum atomic E-state index is -3.48. The fourth-order valence-corrected chi connectivity index (χ4v) is 6.04. The first-order valence-corrected chi connectivity index (χ1v) is 11.2. The van der Waals surface area contributed by atoms with Crippen LogP contribution < -0.4 is 4.90 Å². The van der Waals surface area contributed by atoms with Crippen molar-refractivity contribution >= 4 is 36.8 Å². The number of aryl methyl sites for hydroxylation is 3. The quantitative estimate of drug-likeness (QED) is 0.673. The van der Waals surface area contributed by atoms with Crippen LogP contribution in [0.25, 0.3) is 10.3 Å². The molecule has 1 aliphatic heterocycles. The average molecular weight is 403 g/mol. The molecule has 1 saturated heterocycles. The zero-order chi connectivity index (χ0) is 19.2. The summed E-state index contributed by atoms with van der Waals surface area (Å²) in [5.74, 6) is 0. The second-order valence-electron chi connectivity index (χ2n) is 6.92. The van der Waals surface area contributed by atoms with E-state index in [1.54, 1.807) is 27.9 Å². The van der Waals surface area contributed by atoms with Crippen LogP contribution in [0.1, 0.15) is 16.7 Å². The summed E-state index contributed by atoms with van der Waals surface area (Å²) in [5, 5.41) is 0.906. The molecule has 142 valence electrons. The predicted octanol–water partition coefficient (Wildman–Crippen LogP) is 3.13. The van der Waals surface area contributed by atoms with Gasteiger partial charge in [-0.3, -0.25) is 0 Å². The molecule has 0 saturated carbocycles. The van der Waals surface area contributed by atoms with E-state index in [-0.39, 0.29) is 0 Å². The van der Waals surface area contributed by atoms with Gasteiger partial charge in [0.2, 0.25) is 10.0 Å². The summed E-state index contributed by atoms with van der Waals surface area (Å²) in [6.07, 6.45) is 1.76. The topological polar surface area (TPSA) is 66.4 Å². The molecule has 4 rings (SSSR count). The lowest BCUT2D eigenvalue weighted by Gasteiger charge is -2.34. The van der Waals surface area contributed by atoms with E-state index in [0.29, 0.717) is 31.1 Å². The monoisotopic (exact) mass is 402 g/mol. The summed E-state index contributed by atoms with van der Waals surface area (Å²) in [4.78, 5) is 12.4. The smallest absolute Gasteiger partial charge is 0.243 e. The number of hydrogen-bond donors (Lipinski definition) is 0. The maximum absolute atomic E-state index is 13.1. The second kappa shape index (κ2) is 6.85. The van der Waals surface area contributed by atoms with E-state index in [9.17, 15) is 8.42 Å². The molecule has 1 aliphatic rings. The second-order valence-corrected chi connectivity index (χ2v) is 9.78. The molecule has 0 bridgehead atoms. The van der Waals surface area contributed by atoms with E-state index in [2.05, 4.69) is 14.9 Å². The number of anilines is 1. The molecule has 1 fully saturated rings. The summed E-state index contributed by atoms with van der Waals surface area (Å²) in [7, 11) is -3.48. The van der Waals surface area contributed by atoms with Gasteiger partial charge >= 0.3 is 0 Å². The van der Waals surface area contributed by atoms with Crippen LogP contribution in [0.4, 0.5) is 5.13 Å². The maximum Gasteiger partial charge on any atom is 0.243 e. The number of nitrogens with zero attached hydrogens (tertiary/aromatic N) is 4. The lowest BCUT2D eigenvalue weighted by atomic mass is 10.1. The number of thiazole rings is 1. The van der Waals surface area contributed by atoms with E-state index in [0.717, 1.165) is 32.2 Å². The van der Waals surface area contributed by atoms with Gasteiger partial charge in [-0.15, -0.1) is 0 Å². The minimum absolute atomic E-state index is 0.420. The first-order valence-electron chi connectivity index (χ1n) is 8.91. The van der Waals surface area contributed by atoms with Gasteiger partial charge in [-0.25, -0.2) is 18.4 Å². The van der Waals surface area contributed by atoms with Crippen LogP contribution in [-0.4, -0.2) is 48.9 Å². The Balaban J connectivity index is 1.54. The first-order chi connectivity index (χ1) is 12.9. The van der Waals surface area contributed by atoms with E-state index in [1.165, 1.54) is 0 Å². The highest BCUT2D eigenvalue weighted by molar-refractivity contribution is 7.89. The van der Waals surface area contributed by atoms with Gasteiger partial charge in [-0.1, -0.05) is 17.4 Å². The van der Waals surface area contributed by atoms with E-state index in [1.807, 2.05) is 39.0 Å². The van der Waals surface area contributed by atoms with Gasteiger partial charge in [0, 0.05) is 32.4 Å². The molecule has 0 aliphatic carbocycles. The maximum atomic E-state index is 13.1. The SMILES string of the molecule is Cc1cc(C)c(S(=O)(=O)N2CCN(c3nc4cccnc4s3)CC2)cc1C. The van der Waals surface area contributed by atoms with Crippen molar-refractivity contribution < 1.29 is 8.42 Å². The van der Waals surface area contributed by atoms with Crippen molar-refractivity contribution in [2.75, 3.05) is 31.1 Å². The fraction of sp³-hybridized carbons (Fsp3) is 0.368. The summed E-state index contributed by atoms with van der Waals surface area (Å²) in [5.41, 5.74) is 3.80. The van der Waals surface area contributed by atoms with E-state index >= 15 is 0 Å². The van der Waals surface area contributed by atoms with Crippen LogP contribution in [-0.2, 0) is 10.0 Å². The Bertz CT molecular complexity index is 1070. The van der Waals surface area contributed by atoms with E-state index in [4.69, 9.17) is 0 Å². The highest BCUT2D eigenvalue weighted by atomic mass is 32.2. The molecule has 8 heteroatoms. The molecule has 0 amide bonds. The number of benzene rings is 1. The van der Waals surface area contributed by atoms with Crippen LogP contribution in [0, 0.1) is 20.8 Å². The Hall–Kier alpha value is -2.03. The Kier molecular flexibility index (Phi) is 4.65. The number of aromatic nitrogens is 2. The third kappa shape index (κ3) is 3.33. The largest absolute Gasteiger partial charge is 0.345 e. The highest BCUT2D eigenvalue weighted by Gasteiger charge is 2.30. The van der Waals surface area contributed by atoms with Crippen molar-refractivity contribution in [1.82, 2.24) is 14.3 Å². The van der Waals surface area contributed by atoms with Crippen molar-refractivity contribution in [3.8, 4) is 0 Å². The van der Waals surface area contributed by atoms with Gasteiger partial charge in [0.25, 0.3) is 0 Å². The first kappa shape index (κ1) is 18.3. The summed E-state index contributed by atoms with van der Waals surface area (Å²) in [6.45, 7) is 7.99. The minimum Gasteiger partial charge on any atom is -0.345 e. The average Bonchev–Trinajstić information content (AvgIpc) is 3.09. The molecule has 0 radical (unpaired) electrons. The Morgan fingerprint density at radius 3 is 2.41 bits per heavy atom. The molecule has 0 atom stereocenters. The molecule has 3 aromatic rings. The van der Waals surface area contributed by atoms with Gasteiger partial charge in [0.05, 0.1) is 4.90 Å². The van der Waals surface area contributed by atoms with Crippen molar-refractivity contribution in [2.45, 2.75) is 25.7 Å². The van der Waals surface area contributed by atoms with Crippen LogP contribution in [0.2, 0.25) is 0 Å². The third-order valence-electron chi connectivity index (χ3n) is 5.07. The number of rotatable bonds is 3. The Morgan fingerprint density at radius 1 is 1.00 bits per heavy atom. The van der Waals surface area contributed by atoms with Gasteiger partial charge in [-0.05, 0) is 55.7 Å². The Labute approximate surface area is 163 Å². The summed E-state index contributed by atoms with van der Waals surface area (Å²) < 4.78 is 27.9. The standard InChI is InChI=1S/C19H22N4O2S2/c1-13-11-15(3)17(12-14(13)2)27(24,25)23-9-7-22(8-10-23)19-21-16-5-4-6-20-18(16)26-19/h4-6,11-12H,7-10H2,1-3H3. The molecule has 27 heavy (non-hydrogen) atoms. The van der Waals surface area contributed by atoms with Crippen LogP contribution in [0.5, 0.6) is 0 Å². The lowest BCUT2D eigenvalue weighted by Crippen LogP contribution is -2.48. The van der Waals surface area contributed by atoms with Crippen molar-refractivity contribution in [3.05, 3.63) is 47.2 Å². The highest BCUT2D eigenvalue weighted by Crippen LogP contribution is 2.29. The number of piperazine rings is 1. The summed E-state index contributed by atoms with van der Waals surface area (Å²) in [6, 6.07) is 7.58. The third-order valence-corrected chi connectivity index (χ3v) is 8.15. The van der Waals surface area contributed by atoms with Gasteiger partial charge in [0.15, 0.2) is 5.13 Å². The Morgan fingerprint density at radius 2 is 1.70 bits per heavy atom. The predicted molar refractivity (Wildman–Crippen MR) is 109 cm³/mol. The number of fused-ring (bicyclic) bond motifs is 1. The summed E-state index contributed by atoms with van der Waals surface area (Å²) >= 11 is 1.55. The molecule has 6 nitrogen and oxygen atoms in total. The van der Waals surface area contributed by atoms with Crippen LogP contribution in [0.3, 0.4) is 0 Å². The van der Waals surface area contributed by atoms with Crippen molar-refractivity contribution in [3.63, 3.8) is 0 Å². The van der Waals surface area contributed by atoms with Gasteiger partial charge in [-0.2, -0.15) is 4.31 Å². The van der Waals surface area contributed by atoms with Crippen LogP contribution in [0.15, 0.2) is 35.4 Å².